The van der Waals surface area contributed by atoms with Gasteiger partial charge in [-0.05, 0) is 6.92 Å². The van der Waals surface area contributed by atoms with Gasteiger partial charge in [0.1, 0.15) is 5.75 Å². The molecule has 0 aliphatic carbocycles. The molecule has 0 aliphatic heterocycles. The second-order valence-corrected chi connectivity index (χ2v) is 2.79. The molecule has 0 aliphatic rings. The zero-order valence-corrected chi connectivity index (χ0v) is 9.49. The molecule has 0 fully saturated rings. The Balaban J connectivity index is 3.19. The molecule has 1 aromatic carbocycles. The van der Waals surface area contributed by atoms with Crippen LogP contribution in [-0.2, 0) is 0 Å². The van der Waals surface area contributed by atoms with Crippen molar-refractivity contribution in [2.45, 2.75) is 6.92 Å². The molecule has 0 aromatic heterocycles. The van der Waals surface area contributed by atoms with Gasteiger partial charge >= 0.3 is 0 Å². The molecule has 0 spiro atoms. The van der Waals surface area contributed by atoms with E-state index < -0.39 is 0 Å². The highest BCUT2D eigenvalue weighted by Gasteiger charge is 2.13. The lowest BCUT2D eigenvalue weighted by Gasteiger charge is -2.14. The smallest absolute Gasteiger partial charge is 0.203 e. The molecule has 0 saturated carbocycles. The second-order valence-electron chi connectivity index (χ2n) is 2.79. The topological polar surface area (TPSA) is 36.9 Å². The molecule has 0 unspecified atom stereocenters. The largest absolute Gasteiger partial charge is 0.496 e. The summed E-state index contributed by atoms with van der Waals surface area (Å²) < 4.78 is 21.0. The molecule has 4 heteroatoms. The van der Waals surface area contributed by atoms with Crippen molar-refractivity contribution in [1.29, 1.82) is 0 Å². The fourth-order valence-corrected chi connectivity index (χ4v) is 1.26. The molecule has 84 valence electrons. The normalized spacial score (nSPS) is 9.60. The second kappa shape index (κ2) is 5.34. The van der Waals surface area contributed by atoms with Crippen molar-refractivity contribution in [1.82, 2.24) is 0 Å². The molecule has 0 bridgehead atoms. The van der Waals surface area contributed by atoms with Crippen LogP contribution in [0.2, 0.25) is 0 Å². The Bertz CT molecular complexity index is 297. The first-order chi connectivity index (χ1) is 7.26. The fraction of sp³-hybridized carbons (Fsp3) is 0.455. The minimum absolute atomic E-state index is 0.555. The maximum absolute atomic E-state index is 5.44. The Hall–Kier alpha value is -1.58. The van der Waals surface area contributed by atoms with Crippen LogP contribution in [0.4, 0.5) is 0 Å². The quantitative estimate of drug-likeness (QED) is 0.749. The van der Waals surface area contributed by atoms with Crippen LogP contribution in [0.3, 0.4) is 0 Å². The van der Waals surface area contributed by atoms with Crippen molar-refractivity contribution >= 4 is 0 Å². The molecule has 1 rings (SSSR count). The van der Waals surface area contributed by atoms with E-state index in [-0.39, 0.29) is 0 Å². The van der Waals surface area contributed by atoms with Crippen molar-refractivity contribution in [3.63, 3.8) is 0 Å². The van der Waals surface area contributed by atoms with Crippen molar-refractivity contribution in [2.24, 2.45) is 0 Å². The third kappa shape index (κ3) is 2.46. The molecule has 0 radical (unpaired) electrons. The highest BCUT2D eigenvalue weighted by Crippen LogP contribution is 2.40. The van der Waals surface area contributed by atoms with Gasteiger partial charge in [0.15, 0.2) is 11.5 Å². The van der Waals surface area contributed by atoms with Gasteiger partial charge < -0.3 is 18.9 Å². The summed E-state index contributed by atoms with van der Waals surface area (Å²) in [7, 11) is 4.75. The molecular weight excluding hydrogens is 196 g/mol. The van der Waals surface area contributed by atoms with Crippen LogP contribution in [0.5, 0.6) is 23.0 Å². The van der Waals surface area contributed by atoms with Crippen LogP contribution in [-0.4, -0.2) is 27.9 Å². The Morgan fingerprint density at radius 2 is 1.47 bits per heavy atom. The first-order valence-corrected chi connectivity index (χ1v) is 4.69. The Kier molecular flexibility index (Phi) is 4.09. The van der Waals surface area contributed by atoms with Crippen LogP contribution in [0.1, 0.15) is 6.92 Å². The summed E-state index contributed by atoms with van der Waals surface area (Å²) in [6, 6.07) is 3.51. The average Bonchev–Trinajstić information content (AvgIpc) is 2.29. The summed E-state index contributed by atoms with van der Waals surface area (Å²) in [5.41, 5.74) is 0. The number of hydrogen-bond acceptors (Lipinski definition) is 4. The van der Waals surface area contributed by atoms with E-state index in [4.69, 9.17) is 18.9 Å². The molecular formula is C11H16O4. The third-order valence-corrected chi connectivity index (χ3v) is 1.96. The SMILES string of the molecule is CCOc1c(OC)cc(OC)cc1OC. The summed E-state index contributed by atoms with van der Waals surface area (Å²) in [6.45, 7) is 2.46. The molecule has 0 heterocycles. The maximum atomic E-state index is 5.44. The summed E-state index contributed by atoms with van der Waals surface area (Å²) >= 11 is 0. The van der Waals surface area contributed by atoms with E-state index in [0.29, 0.717) is 29.6 Å². The standard InChI is InChI=1S/C11H16O4/c1-5-15-11-9(13-3)6-8(12-2)7-10(11)14-4/h6-7H,5H2,1-4H3. The summed E-state index contributed by atoms with van der Waals surface area (Å²) in [4.78, 5) is 0. The van der Waals surface area contributed by atoms with Gasteiger partial charge in [0, 0.05) is 12.1 Å². The number of benzene rings is 1. The van der Waals surface area contributed by atoms with E-state index in [1.165, 1.54) is 0 Å². The highest BCUT2D eigenvalue weighted by molar-refractivity contribution is 5.55. The predicted molar refractivity (Wildman–Crippen MR) is 57.3 cm³/mol. The monoisotopic (exact) mass is 212 g/mol. The van der Waals surface area contributed by atoms with E-state index in [9.17, 15) is 0 Å². The van der Waals surface area contributed by atoms with Gasteiger partial charge in [-0.1, -0.05) is 0 Å². The van der Waals surface area contributed by atoms with Gasteiger partial charge in [-0.15, -0.1) is 0 Å². The van der Waals surface area contributed by atoms with E-state index in [2.05, 4.69) is 0 Å². The van der Waals surface area contributed by atoms with E-state index in [0.717, 1.165) is 0 Å². The van der Waals surface area contributed by atoms with E-state index in [1.54, 1.807) is 33.5 Å². The van der Waals surface area contributed by atoms with Crippen LogP contribution in [0.25, 0.3) is 0 Å². The first kappa shape index (κ1) is 11.5. The van der Waals surface area contributed by atoms with Crippen molar-refractivity contribution in [3.8, 4) is 23.0 Å². The van der Waals surface area contributed by atoms with Crippen LogP contribution >= 0.6 is 0 Å². The summed E-state index contributed by atoms with van der Waals surface area (Å²) in [5.74, 6) is 2.48. The Morgan fingerprint density at radius 1 is 0.933 bits per heavy atom. The lowest BCUT2D eigenvalue weighted by Crippen LogP contribution is -1.99. The van der Waals surface area contributed by atoms with Crippen molar-refractivity contribution in [2.75, 3.05) is 27.9 Å². The van der Waals surface area contributed by atoms with Gasteiger partial charge in [0.25, 0.3) is 0 Å². The van der Waals surface area contributed by atoms with Crippen molar-refractivity contribution in [3.05, 3.63) is 12.1 Å². The molecule has 0 atom stereocenters. The molecule has 0 N–H and O–H groups in total. The summed E-state index contributed by atoms with van der Waals surface area (Å²) in [5, 5.41) is 0. The van der Waals surface area contributed by atoms with Gasteiger partial charge in [-0.25, -0.2) is 0 Å². The highest BCUT2D eigenvalue weighted by atomic mass is 16.5. The third-order valence-electron chi connectivity index (χ3n) is 1.96. The maximum Gasteiger partial charge on any atom is 0.203 e. The molecule has 4 nitrogen and oxygen atoms in total. The number of hydrogen-bond donors (Lipinski definition) is 0. The molecule has 0 saturated heterocycles. The molecule has 15 heavy (non-hydrogen) atoms. The average molecular weight is 212 g/mol. The minimum Gasteiger partial charge on any atom is -0.496 e. The Morgan fingerprint density at radius 3 is 1.80 bits per heavy atom. The van der Waals surface area contributed by atoms with E-state index in [1.807, 2.05) is 6.92 Å². The van der Waals surface area contributed by atoms with Gasteiger partial charge in [0.05, 0.1) is 27.9 Å². The van der Waals surface area contributed by atoms with E-state index >= 15 is 0 Å². The first-order valence-electron chi connectivity index (χ1n) is 4.69. The zero-order valence-electron chi connectivity index (χ0n) is 9.49. The lowest BCUT2D eigenvalue weighted by atomic mass is 10.2. The Labute approximate surface area is 89.7 Å². The number of ether oxygens (including phenoxy) is 4. The van der Waals surface area contributed by atoms with Crippen LogP contribution < -0.4 is 18.9 Å². The summed E-state index contributed by atoms with van der Waals surface area (Å²) in [6.07, 6.45) is 0. The fourth-order valence-electron chi connectivity index (χ4n) is 1.26. The van der Waals surface area contributed by atoms with Crippen LogP contribution in [0.15, 0.2) is 12.1 Å². The van der Waals surface area contributed by atoms with Crippen molar-refractivity contribution < 1.29 is 18.9 Å². The zero-order chi connectivity index (χ0) is 11.3. The number of rotatable bonds is 5. The van der Waals surface area contributed by atoms with Crippen LogP contribution in [0, 0.1) is 0 Å². The van der Waals surface area contributed by atoms with Gasteiger partial charge in [0.2, 0.25) is 5.75 Å². The lowest BCUT2D eigenvalue weighted by molar-refractivity contribution is 0.285. The van der Waals surface area contributed by atoms with Gasteiger partial charge in [-0.2, -0.15) is 0 Å². The molecule has 0 amide bonds. The number of methoxy groups -OCH3 is 3. The molecule has 1 aromatic rings. The minimum atomic E-state index is 0.555. The predicted octanol–water partition coefficient (Wildman–Crippen LogP) is 2.11. The van der Waals surface area contributed by atoms with Gasteiger partial charge in [-0.3, -0.25) is 0 Å².